The van der Waals surface area contributed by atoms with Crippen LogP contribution in [-0.4, -0.2) is 0 Å². The van der Waals surface area contributed by atoms with Crippen molar-refractivity contribution < 1.29 is 0 Å². The van der Waals surface area contributed by atoms with Crippen molar-refractivity contribution in [2.75, 3.05) is 4.90 Å². The van der Waals surface area contributed by atoms with Gasteiger partial charge in [-0.2, -0.15) is 0 Å². The van der Waals surface area contributed by atoms with E-state index in [0.717, 1.165) is 24.2 Å². The molecule has 0 heterocycles. The molecule has 0 saturated heterocycles. The number of benzene rings is 9. The number of allylic oxidation sites excluding steroid dienone is 4. The Hall–Kier alpha value is -7.74. The second-order valence-corrected chi connectivity index (χ2v) is 19.7. The third-order valence-corrected chi connectivity index (χ3v) is 16.5. The maximum Gasteiger partial charge on any atom is 0.0726 e. The predicted octanol–water partition coefficient (Wildman–Crippen LogP) is 16.2. The lowest BCUT2D eigenvalue weighted by molar-refractivity contribution is 0.660. The monoisotopic (exact) mass is 839 g/mol. The molecule has 0 amide bonds. The molecule has 9 aromatic rings. The Bertz CT molecular complexity index is 3640. The number of hydrogen-bond donors (Lipinski definition) is 0. The first-order chi connectivity index (χ1) is 32.5. The lowest BCUT2D eigenvalue weighted by Crippen LogP contribution is -2.27. The molecule has 0 aliphatic heterocycles. The molecular weight excluding hydrogens is 795 g/mol. The van der Waals surface area contributed by atoms with Crippen LogP contribution in [0.2, 0.25) is 0 Å². The van der Waals surface area contributed by atoms with E-state index in [2.05, 4.69) is 231 Å². The van der Waals surface area contributed by atoms with Gasteiger partial charge in [0.05, 0.1) is 10.8 Å². The quantitative estimate of drug-likeness (QED) is 0.171. The maximum absolute atomic E-state index is 2.58. The zero-order valence-electron chi connectivity index (χ0n) is 37.1. The number of anilines is 3. The zero-order chi connectivity index (χ0) is 43.5. The van der Waals surface area contributed by atoms with Crippen molar-refractivity contribution in [3.63, 3.8) is 0 Å². The van der Waals surface area contributed by atoms with Crippen LogP contribution in [0.5, 0.6) is 0 Å². The smallest absolute Gasteiger partial charge is 0.0726 e. The Labute approximate surface area is 386 Å². The molecule has 310 valence electrons. The summed E-state index contributed by atoms with van der Waals surface area (Å²) in [7, 11) is 0. The van der Waals surface area contributed by atoms with Crippen LogP contribution >= 0.6 is 0 Å². The molecule has 0 N–H and O–H groups in total. The van der Waals surface area contributed by atoms with Crippen LogP contribution in [0, 0.1) is 0 Å². The van der Waals surface area contributed by atoms with Crippen LogP contribution < -0.4 is 4.90 Å². The average Bonchev–Trinajstić information content (AvgIpc) is 4.10. The third kappa shape index (κ3) is 4.28. The normalized spacial score (nSPS) is 18.2. The number of nitrogens with zero attached hydrogens (tertiary/aromatic N) is 1. The summed E-state index contributed by atoms with van der Waals surface area (Å²) in [5.41, 5.74) is 29.6. The molecule has 1 atom stereocenters. The zero-order valence-corrected chi connectivity index (χ0v) is 37.1. The summed E-state index contributed by atoms with van der Waals surface area (Å²) in [4.78, 5) is 2.58. The van der Waals surface area contributed by atoms with Gasteiger partial charge in [-0.1, -0.05) is 190 Å². The summed E-state index contributed by atoms with van der Waals surface area (Å²) < 4.78 is 0. The highest BCUT2D eigenvalue weighted by Gasteiger charge is 2.54. The first-order valence-electron chi connectivity index (χ1n) is 23.7. The molecule has 1 unspecified atom stereocenters. The molecule has 0 fully saturated rings. The largest absolute Gasteiger partial charge is 0.310 e. The van der Waals surface area contributed by atoms with Crippen molar-refractivity contribution in [2.45, 2.75) is 42.9 Å². The summed E-state index contributed by atoms with van der Waals surface area (Å²) in [5, 5.41) is 0. The van der Waals surface area contributed by atoms with Crippen LogP contribution in [0.3, 0.4) is 0 Å². The highest BCUT2D eigenvalue weighted by Crippen LogP contribution is 2.66. The summed E-state index contributed by atoms with van der Waals surface area (Å²) in [6.45, 7) is 4.79. The van der Waals surface area contributed by atoms with Gasteiger partial charge in [0.1, 0.15) is 0 Å². The SMILES string of the molecule is CC1(C)c2ccccc2-c2ccc(N(c3ccc4c(c3)C3(C5=CCCC=C5c5ccccc53)c3ccccc3-4)c3ccc4c(c3)C3(c5ccccc5-c5ccccc53)c3ccccc3-4)cc21. The van der Waals surface area contributed by atoms with Gasteiger partial charge in [0.2, 0.25) is 0 Å². The van der Waals surface area contributed by atoms with Crippen LogP contribution in [0.1, 0.15) is 82.3 Å². The first-order valence-corrected chi connectivity index (χ1v) is 23.7. The topological polar surface area (TPSA) is 3.24 Å². The van der Waals surface area contributed by atoms with E-state index in [9.17, 15) is 0 Å². The fourth-order valence-electron chi connectivity index (χ4n) is 14.0. The molecule has 9 aromatic carbocycles. The fourth-order valence-corrected chi connectivity index (χ4v) is 14.0. The van der Waals surface area contributed by atoms with E-state index in [1.807, 2.05) is 0 Å². The van der Waals surface area contributed by atoms with Crippen molar-refractivity contribution in [1.82, 2.24) is 0 Å². The predicted molar refractivity (Wildman–Crippen MR) is 272 cm³/mol. The Morgan fingerprint density at radius 3 is 1.14 bits per heavy atom. The van der Waals surface area contributed by atoms with Crippen LogP contribution in [-0.2, 0) is 16.2 Å². The lowest BCUT2D eigenvalue weighted by atomic mass is 9.69. The van der Waals surface area contributed by atoms with Crippen molar-refractivity contribution in [1.29, 1.82) is 0 Å². The highest BCUT2D eigenvalue weighted by atomic mass is 15.1. The fraction of sp³-hybridized carbons (Fsp3) is 0.108. The van der Waals surface area contributed by atoms with Gasteiger partial charge in [0.15, 0.2) is 0 Å². The molecule has 6 aliphatic rings. The van der Waals surface area contributed by atoms with Gasteiger partial charge in [-0.15, -0.1) is 0 Å². The minimum atomic E-state index is -0.449. The van der Waals surface area contributed by atoms with Crippen LogP contribution in [0.15, 0.2) is 218 Å². The molecule has 15 rings (SSSR count). The summed E-state index contributed by atoms with van der Waals surface area (Å²) in [6, 6.07) is 76.9. The van der Waals surface area contributed by atoms with E-state index >= 15 is 0 Å². The number of hydrogen-bond acceptors (Lipinski definition) is 1. The molecule has 66 heavy (non-hydrogen) atoms. The molecule has 1 heteroatoms. The lowest BCUT2D eigenvalue weighted by Gasteiger charge is -2.34. The van der Waals surface area contributed by atoms with E-state index in [-0.39, 0.29) is 5.41 Å². The molecule has 6 aliphatic carbocycles. The molecule has 0 bridgehead atoms. The third-order valence-electron chi connectivity index (χ3n) is 16.5. The second kappa shape index (κ2) is 12.7. The van der Waals surface area contributed by atoms with E-state index in [1.165, 1.54) is 117 Å². The Morgan fingerprint density at radius 2 is 0.636 bits per heavy atom. The van der Waals surface area contributed by atoms with E-state index < -0.39 is 10.8 Å². The van der Waals surface area contributed by atoms with Gasteiger partial charge in [0, 0.05) is 22.5 Å². The van der Waals surface area contributed by atoms with Gasteiger partial charge in [0.25, 0.3) is 0 Å². The highest BCUT2D eigenvalue weighted by molar-refractivity contribution is 6.02. The number of rotatable bonds is 3. The van der Waals surface area contributed by atoms with Gasteiger partial charge in [-0.05, 0) is 161 Å². The Balaban J connectivity index is 1.01. The van der Waals surface area contributed by atoms with Crippen molar-refractivity contribution in [2.24, 2.45) is 0 Å². The average molecular weight is 840 g/mol. The van der Waals surface area contributed by atoms with Crippen molar-refractivity contribution >= 4 is 22.6 Å². The van der Waals surface area contributed by atoms with E-state index in [4.69, 9.17) is 0 Å². The van der Waals surface area contributed by atoms with E-state index in [0.29, 0.717) is 0 Å². The summed E-state index contributed by atoms with van der Waals surface area (Å²) >= 11 is 0. The summed E-state index contributed by atoms with van der Waals surface area (Å²) in [5.74, 6) is 0. The molecule has 0 radical (unpaired) electrons. The van der Waals surface area contributed by atoms with Gasteiger partial charge in [-0.3, -0.25) is 0 Å². The van der Waals surface area contributed by atoms with Gasteiger partial charge in [-0.25, -0.2) is 0 Å². The van der Waals surface area contributed by atoms with Gasteiger partial charge >= 0.3 is 0 Å². The molecule has 0 aromatic heterocycles. The van der Waals surface area contributed by atoms with Crippen molar-refractivity contribution in [3.05, 3.63) is 274 Å². The molecule has 2 spiro atoms. The minimum absolute atomic E-state index is 0.151. The Morgan fingerprint density at radius 1 is 0.303 bits per heavy atom. The van der Waals surface area contributed by atoms with E-state index in [1.54, 1.807) is 0 Å². The number of fused-ring (bicyclic) bond motifs is 23. The second-order valence-electron chi connectivity index (χ2n) is 19.7. The first kappa shape index (κ1) is 36.6. The molecule has 0 saturated carbocycles. The molecular formula is C65H45N. The van der Waals surface area contributed by atoms with Crippen LogP contribution in [0.25, 0.3) is 50.1 Å². The minimum Gasteiger partial charge on any atom is -0.310 e. The molecule has 1 nitrogen and oxygen atoms in total. The van der Waals surface area contributed by atoms with Crippen LogP contribution in [0.4, 0.5) is 17.1 Å². The van der Waals surface area contributed by atoms with Gasteiger partial charge < -0.3 is 4.90 Å². The van der Waals surface area contributed by atoms with Crippen molar-refractivity contribution in [3.8, 4) is 44.5 Å². The standard InChI is InChI=1S/C65H45N/c1-63(2)53-24-10-3-17-43(53)50-34-31-40(37-60(50)63)66(41-32-35-51-48-22-8-15-29-58(48)64(61(51)38-41)54-25-11-4-18-44(54)45-19-5-12-26-55(45)64)42-33-36-52-49-23-9-16-30-59(49)65(62(52)39-42)56-27-13-6-20-46(56)47-21-7-14-28-57(47)65/h3-6,8-13,15-39H,7,14H2,1-2H3. The maximum atomic E-state index is 2.58. The Kier molecular flexibility index (Phi) is 7.06. The summed E-state index contributed by atoms with van der Waals surface area (Å²) in [6.07, 6.45) is 7.18.